The van der Waals surface area contributed by atoms with Gasteiger partial charge in [0.1, 0.15) is 23.1 Å². The first-order valence-electron chi connectivity index (χ1n) is 10.3. The number of anilines is 1. The number of carbonyl (C=O) groups excluding carboxylic acids is 2. The van der Waals surface area contributed by atoms with Gasteiger partial charge in [-0.05, 0) is 56.2 Å². The van der Waals surface area contributed by atoms with E-state index in [1.165, 1.54) is 6.20 Å². The normalized spacial score (nSPS) is 14.5. The molecule has 0 atom stereocenters. The second-order valence-electron chi connectivity index (χ2n) is 7.07. The largest absolute Gasteiger partial charge is 0.466 e. The number of nitrogens with zero attached hydrogens (tertiary/aromatic N) is 2. The summed E-state index contributed by atoms with van der Waals surface area (Å²) in [5.74, 6) is 0.676. The fraction of sp³-hybridized carbons (Fsp3) is 0.292. The van der Waals surface area contributed by atoms with Gasteiger partial charge in [-0.15, -0.1) is 0 Å². The van der Waals surface area contributed by atoms with Crippen molar-refractivity contribution in [3.05, 3.63) is 66.4 Å². The van der Waals surface area contributed by atoms with Crippen molar-refractivity contribution in [1.82, 2.24) is 4.90 Å². The third-order valence-corrected chi connectivity index (χ3v) is 4.97. The quantitative estimate of drug-likeness (QED) is 0.413. The summed E-state index contributed by atoms with van der Waals surface area (Å²) in [6.07, 6.45) is 2.49. The Morgan fingerprint density at radius 1 is 1.10 bits per heavy atom. The highest BCUT2D eigenvalue weighted by atomic mass is 16.5. The van der Waals surface area contributed by atoms with Crippen molar-refractivity contribution >= 4 is 17.6 Å². The lowest BCUT2D eigenvalue weighted by Crippen LogP contribution is -2.41. The van der Waals surface area contributed by atoms with Crippen LogP contribution in [-0.4, -0.2) is 36.5 Å². The minimum atomic E-state index is -0.346. The van der Waals surface area contributed by atoms with Gasteiger partial charge in [0.05, 0.1) is 12.5 Å². The Labute approximate surface area is 181 Å². The van der Waals surface area contributed by atoms with Crippen molar-refractivity contribution in [3.8, 4) is 17.6 Å². The molecule has 160 valence electrons. The second kappa shape index (κ2) is 10.8. The van der Waals surface area contributed by atoms with Gasteiger partial charge in [0.25, 0.3) is 5.91 Å². The lowest BCUT2D eigenvalue weighted by Gasteiger charge is -2.30. The predicted molar refractivity (Wildman–Crippen MR) is 116 cm³/mol. The van der Waals surface area contributed by atoms with E-state index in [1.807, 2.05) is 36.4 Å². The molecule has 0 aromatic heterocycles. The van der Waals surface area contributed by atoms with Gasteiger partial charge < -0.3 is 19.7 Å². The molecule has 1 saturated heterocycles. The zero-order valence-corrected chi connectivity index (χ0v) is 17.4. The molecule has 0 aliphatic carbocycles. The molecule has 0 saturated carbocycles. The number of piperidine rings is 1. The number of carbonyl (C=O) groups is 2. The molecule has 0 bridgehead atoms. The molecule has 7 nitrogen and oxygen atoms in total. The predicted octanol–water partition coefficient (Wildman–Crippen LogP) is 4.10. The third kappa shape index (κ3) is 6.09. The summed E-state index contributed by atoms with van der Waals surface area (Å²) in [7, 11) is 0. The molecule has 1 amide bonds. The number of ether oxygens (including phenoxy) is 2. The summed E-state index contributed by atoms with van der Waals surface area (Å²) in [5, 5.41) is 12.4. The fourth-order valence-corrected chi connectivity index (χ4v) is 3.29. The molecule has 1 heterocycles. The van der Waals surface area contributed by atoms with E-state index in [1.54, 1.807) is 36.1 Å². The lowest BCUT2D eigenvalue weighted by atomic mass is 9.96. The van der Waals surface area contributed by atoms with E-state index in [0.717, 1.165) is 11.4 Å². The minimum absolute atomic E-state index is 0.0131. The van der Waals surface area contributed by atoms with Crippen LogP contribution in [0.2, 0.25) is 0 Å². The molecule has 1 aliphatic rings. The number of hydrogen-bond acceptors (Lipinski definition) is 6. The number of nitriles is 1. The number of rotatable bonds is 7. The Bertz CT molecular complexity index is 957. The number of benzene rings is 2. The molecule has 31 heavy (non-hydrogen) atoms. The van der Waals surface area contributed by atoms with E-state index in [4.69, 9.17) is 9.47 Å². The summed E-state index contributed by atoms with van der Waals surface area (Å²) in [5.41, 5.74) is 0.737. The molecular weight excluding hydrogens is 394 g/mol. The zero-order valence-electron chi connectivity index (χ0n) is 17.4. The average molecular weight is 419 g/mol. The van der Waals surface area contributed by atoms with Crippen LogP contribution in [0.3, 0.4) is 0 Å². The highest BCUT2D eigenvalue weighted by Crippen LogP contribution is 2.23. The van der Waals surface area contributed by atoms with E-state index in [-0.39, 0.29) is 23.4 Å². The molecule has 1 fully saturated rings. The first-order chi connectivity index (χ1) is 15.1. The van der Waals surface area contributed by atoms with Gasteiger partial charge in [-0.2, -0.15) is 5.26 Å². The number of amides is 1. The Morgan fingerprint density at radius 2 is 1.74 bits per heavy atom. The minimum Gasteiger partial charge on any atom is -0.466 e. The maximum absolute atomic E-state index is 12.7. The third-order valence-electron chi connectivity index (χ3n) is 4.97. The van der Waals surface area contributed by atoms with E-state index in [0.29, 0.717) is 38.3 Å². The number of esters is 1. The van der Waals surface area contributed by atoms with Crippen molar-refractivity contribution in [2.45, 2.75) is 19.8 Å². The summed E-state index contributed by atoms with van der Waals surface area (Å²) in [6, 6.07) is 18.6. The molecule has 1 N–H and O–H groups in total. The van der Waals surface area contributed by atoms with E-state index in [9.17, 15) is 14.9 Å². The lowest BCUT2D eigenvalue weighted by molar-refractivity contribution is -0.150. The van der Waals surface area contributed by atoms with E-state index in [2.05, 4.69) is 5.32 Å². The fourth-order valence-electron chi connectivity index (χ4n) is 3.29. The van der Waals surface area contributed by atoms with Gasteiger partial charge in [0.15, 0.2) is 0 Å². The van der Waals surface area contributed by atoms with Crippen LogP contribution in [0.1, 0.15) is 19.8 Å². The molecule has 2 aromatic carbocycles. The Balaban J connectivity index is 1.55. The second-order valence-corrected chi connectivity index (χ2v) is 7.07. The Hall–Kier alpha value is -3.79. The van der Waals surface area contributed by atoms with Crippen molar-refractivity contribution in [2.24, 2.45) is 5.92 Å². The highest BCUT2D eigenvalue weighted by molar-refractivity contribution is 5.97. The van der Waals surface area contributed by atoms with Crippen LogP contribution < -0.4 is 10.1 Å². The summed E-state index contributed by atoms with van der Waals surface area (Å²) in [6.45, 7) is 2.97. The van der Waals surface area contributed by atoms with Crippen LogP contribution >= 0.6 is 0 Å². The summed E-state index contributed by atoms with van der Waals surface area (Å²) < 4.78 is 10.8. The van der Waals surface area contributed by atoms with E-state index < -0.39 is 0 Å². The van der Waals surface area contributed by atoms with Crippen LogP contribution in [0, 0.1) is 17.2 Å². The van der Waals surface area contributed by atoms with Gasteiger partial charge in [-0.25, -0.2) is 0 Å². The Morgan fingerprint density at radius 3 is 2.35 bits per heavy atom. The number of para-hydroxylation sites is 1. The van der Waals surface area contributed by atoms with Crippen LogP contribution in [0.25, 0.3) is 0 Å². The monoisotopic (exact) mass is 419 g/mol. The van der Waals surface area contributed by atoms with Crippen molar-refractivity contribution in [1.29, 1.82) is 5.26 Å². The van der Waals surface area contributed by atoms with Crippen LogP contribution in [0.15, 0.2) is 66.4 Å². The zero-order chi connectivity index (χ0) is 22.1. The van der Waals surface area contributed by atoms with Crippen LogP contribution in [0.4, 0.5) is 5.69 Å². The maximum Gasteiger partial charge on any atom is 0.309 e. The summed E-state index contributed by atoms with van der Waals surface area (Å²) >= 11 is 0. The summed E-state index contributed by atoms with van der Waals surface area (Å²) in [4.78, 5) is 26.1. The first kappa shape index (κ1) is 21.9. The van der Waals surface area contributed by atoms with Gasteiger partial charge in [0, 0.05) is 25.0 Å². The number of nitrogens with one attached hydrogen (secondary N) is 1. The molecule has 7 heteroatoms. The van der Waals surface area contributed by atoms with Gasteiger partial charge in [-0.3, -0.25) is 9.59 Å². The van der Waals surface area contributed by atoms with E-state index >= 15 is 0 Å². The van der Waals surface area contributed by atoms with Crippen molar-refractivity contribution in [2.75, 3.05) is 25.0 Å². The Kier molecular flexibility index (Phi) is 7.66. The van der Waals surface area contributed by atoms with Crippen LogP contribution in [-0.2, 0) is 14.3 Å². The molecule has 1 aliphatic heterocycles. The molecule has 2 aromatic rings. The smallest absolute Gasteiger partial charge is 0.309 e. The van der Waals surface area contributed by atoms with Crippen molar-refractivity contribution < 1.29 is 19.1 Å². The highest BCUT2D eigenvalue weighted by Gasteiger charge is 2.29. The molecule has 0 unspecified atom stereocenters. The van der Waals surface area contributed by atoms with Gasteiger partial charge in [-0.1, -0.05) is 18.2 Å². The number of hydrogen-bond donors (Lipinski definition) is 1. The van der Waals surface area contributed by atoms with Gasteiger partial charge >= 0.3 is 5.97 Å². The van der Waals surface area contributed by atoms with Gasteiger partial charge in [0.2, 0.25) is 0 Å². The first-order valence-corrected chi connectivity index (χ1v) is 10.3. The molecule has 0 spiro atoms. The number of likely N-dealkylation sites (tertiary alicyclic amines) is 1. The molecule has 3 rings (SSSR count). The van der Waals surface area contributed by atoms with Crippen molar-refractivity contribution in [3.63, 3.8) is 0 Å². The SMILES string of the molecule is CCOC(=O)C1CCN(C(=O)/C(C#N)=C\Nc2ccc(Oc3ccccc3)cc2)CC1. The average Bonchev–Trinajstić information content (AvgIpc) is 2.81. The standard InChI is InChI=1S/C24H25N3O4/c1-2-30-24(29)18-12-14-27(15-13-18)23(28)19(16-25)17-26-20-8-10-22(11-9-20)31-21-6-4-3-5-7-21/h3-11,17-18,26H,2,12-15H2,1H3/b19-17-. The maximum atomic E-state index is 12.7. The molecule has 0 radical (unpaired) electrons. The van der Waals surface area contributed by atoms with Crippen LogP contribution in [0.5, 0.6) is 11.5 Å². The topological polar surface area (TPSA) is 91.7 Å². The molecular formula is C24H25N3O4.